The summed E-state index contributed by atoms with van der Waals surface area (Å²) < 4.78 is 56.9. The quantitative estimate of drug-likeness (QED) is 0.540. The Bertz CT molecular complexity index is 1290. The molecule has 1 aromatic carbocycles. The largest absolute Gasteiger partial charge is 0.368 e. The molecule has 1 saturated carbocycles. The summed E-state index contributed by atoms with van der Waals surface area (Å²) in [5, 5.41) is 15.7. The number of sulfonamides is 1. The number of nitrogens with one attached hydrogen (secondary N) is 2. The average Bonchev–Trinajstić information content (AvgIpc) is 3.14. The smallest absolute Gasteiger partial charge is 0.291 e. The molecule has 1 unspecified atom stereocenters. The molecule has 178 valence electrons. The van der Waals surface area contributed by atoms with Crippen molar-refractivity contribution in [2.75, 3.05) is 18.0 Å². The van der Waals surface area contributed by atoms with E-state index in [1.165, 1.54) is 10.7 Å². The number of benzene rings is 1. The second-order valence-corrected chi connectivity index (χ2v) is 11.9. The van der Waals surface area contributed by atoms with Gasteiger partial charge in [-0.3, -0.25) is 0 Å². The first-order valence-corrected chi connectivity index (χ1v) is 13.0. The van der Waals surface area contributed by atoms with Gasteiger partial charge in [0.25, 0.3) is 6.43 Å². The number of piperazine rings is 1. The van der Waals surface area contributed by atoms with E-state index in [0.717, 1.165) is 35.3 Å². The normalized spacial score (nSPS) is 22.9. The minimum Gasteiger partial charge on any atom is -0.368 e. The van der Waals surface area contributed by atoms with Gasteiger partial charge in [0, 0.05) is 41.8 Å². The Balaban J connectivity index is 1.67. The minimum atomic E-state index is -3.81. The van der Waals surface area contributed by atoms with Gasteiger partial charge in [-0.2, -0.15) is 5.10 Å². The molecule has 2 aromatic heterocycles. The van der Waals surface area contributed by atoms with Crippen molar-refractivity contribution in [3.8, 4) is 5.13 Å². The summed E-state index contributed by atoms with van der Waals surface area (Å²) in [4.78, 5) is 2.25. The third-order valence-corrected chi connectivity index (χ3v) is 8.55. The fourth-order valence-electron chi connectivity index (χ4n) is 4.25. The summed E-state index contributed by atoms with van der Waals surface area (Å²) in [5.74, 6) is 0. The molecule has 0 spiro atoms. The number of fused-ring (bicyclic) bond motifs is 1. The highest BCUT2D eigenvalue weighted by Crippen LogP contribution is 2.38. The first kappa shape index (κ1) is 22.6. The number of aromatic nitrogens is 4. The standard InChI is InChI=1S/C20H25F2N7O2S2/c1-11-9-28(10-12(2)24-11)15-6-13(33(30,31)27-20(3)4-5-20)7-16-14(15)8-23-29(16)19-26-25-18(32-19)17(21)22/h6-8,11-12,17,24,27H,4-5,9-10H2,1-3H3/t11-,12?/m0/s1. The van der Waals surface area contributed by atoms with E-state index in [4.69, 9.17) is 0 Å². The molecule has 1 saturated heterocycles. The summed E-state index contributed by atoms with van der Waals surface area (Å²) in [6, 6.07) is 3.62. The number of alkyl halides is 2. The monoisotopic (exact) mass is 497 g/mol. The molecule has 0 amide bonds. The highest BCUT2D eigenvalue weighted by molar-refractivity contribution is 7.89. The first-order valence-electron chi connectivity index (χ1n) is 10.7. The van der Waals surface area contributed by atoms with Crippen LogP contribution in [0.1, 0.15) is 45.0 Å². The molecule has 3 heterocycles. The van der Waals surface area contributed by atoms with Crippen molar-refractivity contribution in [1.29, 1.82) is 0 Å². The van der Waals surface area contributed by atoms with E-state index in [1.807, 2.05) is 6.92 Å². The third-order valence-electron chi connectivity index (χ3n) is 6.03. The second-order valence-electron chi connectivity index (χ2n) is 9.20. The van der Waals surface area contributed by atoms with Crippen LogP contribution in [0.3, 0.4) is 0 Å². The molecule has 2 fully saturated rings. The fourth-order valence-corrected chi connectivity index (χ4v) is 6.42. The molecule has 0 bridgehead atoms. The molecular formula is C20H25F2N7O2S2. The van der Waals surface area contributed by atoms with E-state index in [9.17, 15) is 17.2 Å². The van der Waals surface area contributed by atoms with E-state index >= 15 is 0 Å². The molecule has 5 rings (SSSR count). The highest BCUT2D eigenvalue weighted by atomic mass is 32.2. The van der Waals surface area contributed by atoms with Crippen molar-refractivity contribution in [2.24, 2.45) is 0 Å². The topological polar surface area (TPSA) is 105 Å². The van der Waals surface area contributed by atoms with E-state index in [1.54, 1.807) is 12.3 Å². The van der Waals surface area contributed by atoms with Crippen molar-refractivity contribution in [1.82, 2.24) is 30.0 Å². The lowest BCUT2D eigenvalue weighted by Gasteiger charge is -2.38. The van der Waals surface area contributed by atoms with Crippen molar-refractivity contribution in [3.05, 3.63) is 23.3 Å². The van der Waals surface area contributed by atoms with Gasteiger partial charge in [-0.25, -0.2) is 26.6 Å². The van der Waals surface area contributed by atoms with Gasteiger partial charge in [0.15, 0.2) is 5.01 Å². The number of halogens is 2. The van der Waals surface area contributed by atoms with Crippen LogP contribution in [0.15, 0.2) is 23.2 Å². The average molecular weight is 498 g/mol. The van der Waals surface area contributed by atoms with E-state index in [-0.39, 0.29) is 22.1 Å². The Morgan fingerprint density at radius 3 is 2.52 bits per heavy atom. The second kappa shape index (κ2) is 7.93. The van der Waals surface area contributed by atoms with Crippen LogP contribution < -0.4 is 14.9 Å². The maximum absolute atomic E-state index is 13.3. The fraction of sp³-hybridized carbons (Fsp3) is 0.550. The van der Waals surface area contributed by atoms with Crippen molar-refractivity contribution >= 4 is 38.0 Å². The SMILES string of the molecule is CC1CN(c2cc(S(=O)(=O)NC3(C)CC3)cc3c2cnn3-c2nnc(C(F)F)s2)C[C@H](C)N1. The maximum atomic E-state index is 13.3. The predicted molar refractivity (Wildman–Crippen MR) is 122 cm³/mol. The molecule has 33 heavy (non-hydrogen) atoms. The number of hydrogen-bond acceptors (Lipinski definition) is 8. The summed E-state index contributed by atoms with van der Waals surface area (Å²) in [6.07, 6.45) is 0.454. The number of nitrogens with zero attached hydrogens (tertiary/aromatic N) is 5. The van der Waals surface area contributed by atoms with E-state index in [0.29, 0.717) is 18.6 Å². The van der Waals surface area contributed by atoms with Crippen LogP contribution in [-0.2, 0) is 10.0 Å². The molecule has 0 radical (unpaired) electrons. The summed E-state index contributed by atoms with van der Waals surface area (Å²) in [6.45, 7) is 7.40. The Kier molecular flexibility index (Phi) is 5.42. The lowest BCUT2D eigenvalue weighted by atomic mass is 10.1. The number of anilines is 1. The van der Waals surface area contributed by atoms with Gasteiger partial charge in [-0.15, -0.1) is 10.2 Å². The third kappa shape index (κ3) is 4.34. The van der Waals surface area contributed by atoms with Gasteiger partial charge in [0.2, 0.25) is 15.2 Å². The lowest BCUT2D eigenvalue weighted by Crippen LogP contribution is -2.54. The summed E-state index contributed by atoms with van der Waals surface area (Å²) in [7, 11) is -3.81. The Morgan fingerprint density at radius 2 is 1.91 bits per heavy atom. The Morgan fingerprint density at radius 1 is 1.21 bits per heavy atom. The molecule has 1 aliphatic carbocycles. The number of hydrogen-bond donors (Lipinski definition) is 2. The summed E-state index contributed by atoms with van der Waals surface area (Å²) in [5.41, 5.74) is 0.779. The van der Waals surface area contributed by atoms with Crippen LogP contribution in [0.25, 0.3) is 16.0 Å². The molecule has 2 N–H and O–H groups in total. The molecule has 2 aliphatic rings. The zero-order valence-electron chi connectivity index (χ0n) is 18.4. The van der Waals surface area contributed by atoms with Gasteiger partial charge in [-0.1, -0.05) is 11.3 Å². The Labute approximate surface area is 194 Å². The van der Waals surface area contributed by atoms with Crippen molar-refractivity contribution in [3.63, 3.8) is 0 Å². The lowest BCUT2D eigenvalue weighted by molar-refractivity contribution is 0.150. The van der Waals surface area contributed by atoms with Crippen LogP contribution in [0.2, 0.25) is 0 Å². The highest BCUT2D eigenvalue weighted by Gasteiger charge is 2.41. The zero-order valence-corrected chi connectivity index (χ0v) is 20.1. The molecule has 2 atom stereocenters. The minimum absolute atomic E-state index is 0.109. The number of rotatable bonds is 6. The summed E-state index contributed by atoms with van der Waals surface area (Å²) >= 11 is 0.729. The van der Waals surface area contributed by atoms with Gasteiger partial charge < -0.3 is 10.2 Å². The molecule has 3 aromatic rings. The first-order chi connectivity index (χ1) is 15.5. The van der Waals surface area contributed by atoms with Gasteiger partial charge in [0.05, 0.1) is 16.6 Å². The van der Waals surface area contributed by atoms with Crippen LogP contribution in [-0.4, -0.2) is 59.1 Å². The van der Waals surface area contributed by atoms with Crippen molar-refractivity contribution < 1.29 is 17.2 Å². The Hall–Kier alpha value is -2.22. The van der Waals surface area contributed by atoms with Crippen molar-refractivity contribution in [2.45, 2.75) is 62.6 Å². The van der Waals surface area contributed by atoms with Crippen LogP contribution in [0.4, 0.5) is 14.5 Å². The molecular weight excluding hydrogens is 472 g/mol. The molecule has 1 aliphatic heterocycles. The van der Waals surface area contributed by atoms with Crippen LogP contribution in [0, 0.1) is 0 Å². The van der Waals surface area contributed by atoms with E-state index in [2.05, 4.69) is 44.1 Å². The van der Waals surface area contributed by atoms with E-state index < -0.39 is 27.0 Å². The van der Waals surface area contributed by atoms with Gasteiger partial charge in [0.1, 0.15) is 0 Å². The molecule has 9 nitrogen and oxygen atoms in total. The van der Waals surface area contributed by atoms with Gasteiger partial charge >= 0.3 is 0 Å². The van der Waals surface area contributed by atoms with Gasteiger partial charge in [-0.05, 0) is 45.7 Å². The zero-order chi connectivity index (χ0) is 23.5. The van der Waals surface area contributed by atoms with Crippen LogP contribution in [0.5, 0.6) is 0 Å². The maximum Gasteiger partial charge on any atom is 0.291 e. The van der Waals surface area contributed by atoms with Crippen LogP contribution >= 0.6 is 11.3 Å². The predicted octanol–water partition coefficient (Wildman–Crippen LogP) is 2.83. The molecule has 13 heteroatoms.